The molecule has 86 valence electrons. The van der Waals surface area contributed by atoms with Gasteiger partial charge in [0.25, 0.3) is 0 Å². The van der Waals surface area contributed by atoms with Crippen LogP contribution in [0.4, 0.5) is 0 Å². The molecule has 4 nitrogen and oxygen atoms in total. The number of halogens is 2. The fourth-order valence-electron chi connectivity index (χ4n) is 1.23. The SMILES string of the molecule is Cl.Clc1ccc(CNCc2cnc[nH]2)cn1. The lowest BCUT2D eigenvalue weighted by atomic mass is 10.3. The van der Waals surface area contributed by atoms with Crippen LogP contribution in [0, 0.1) is 0 Å². The summed E-state index contributed by atoms with van der Waals surface area (Å²) in [6.45, 7) is 1.53. The van der Waals surface area contributed by atoms with Crippen molar-refractivity contribution in [2.24, 2.45) is 0 Å². The molecular formula is C10H12Cl2N4. The van der Waals surface area contributed by atoms with Crippen molar-refractivity contribution in [3.63, 3.8) is 0 Å². The number of hydrogen-bond acceptors (Lipinski definition) is 3. The molecule has 0 atom stereocenters. The summed E-state index contributed by atoms with van der Waals surface area (Å²) in [6, 6.07) is 3.74. The number of imidazole rings is 1. The first kappa shape index (κ1) is 13.0. The molecule has 16 heavy (non-hydrogen) atoms. The van der Waals surface area contributed by atoms with Crippen LogP contribution in [-0.2, 0) is 13.1 Å². The van der Waals surface area contributed by atoms with E-state index in [0.29, 0.717) is 5.15 Å². The van der Waals surface area contributed by atoms with E-state index in [1.54, 1.807) is 24.8 Å². The minimum atomic E-state index is 0. The molecule has 2 aromatic rings. The molecule has 0 aliphatic rings. The minimum Gasteiger partial charge on any atom is -0.347 e. The molecule has 0 aromatic carbocycles. The first-order valence-corrected chi connectivity index (χ1v) is 5.01. The molecule has 2 heterocycles. The van der Waals surface area contributed by atoms with E-state index in [0.717, 1.165) is 24.3 Å². The van der Waals surface area contributed by atoms with Gasteiger partial charge in [0.15, 0.2) is 0 Å². The monoisotopic (exact) mass is 258 g/mol. The summed E-state index contributed by atoms with van der Waals surface area (Å²) in [5.41, 5.74) is 2.18. The van der Waals surface area contributed by atoms with Gasteiger partial charge in [-0.3, -0.25) is 0 Å². The lowest BCUT2D eigenvalue weighted by Gasteiger charge is -2.02. The molecule has 0 saturated heterocycles. The number of hydrogen-bond donors (Lipinski definition) is 2. The Labute approximate surface area is 105 Å². The van der Waals surface area contributed by atoms with Gasteiger partial charge in [-0.1, -0.05) is 17.7 Å². The third-order valence-corrected chi connectivity index (χ3v) is 2.21. The van der Waals surface area contributed by atoms with Crippen molar-refractivity contribution in [3.8, 4) is 0 Å². The molecule has 0 saturated carbocycles. The van der Waals surface area contributed by atoms with Gasteiger partial charge in [-0.05, 0) is 11.6 Å². The van der Waals surface area contributed by atoms with Crippen LogP contribution in [0.3, 0.4) is 0 Å². The maximum absolute atomic E-state index is 5.68. The van der Waals surface area contributed by atoms with Gasteiger partial charge in [-0.25, -0.2) is 9.97 Å². The molecule has 2 N–H and O–H groups in total. The Morgan fingerprint density at radius 3 is 2.75 bits per heavy atom. The van der Waals surface area contributed by atoms with Gasteiger partial charge in [-0.2, -0.15) is 0 Å². The number of nitrogens with one attached hydrogen (secondary N) is 2. The van der Waals surface area contributed by atoms with Crippen LogP contribution in [0.2, 0.25) is 5.15 Å². The Bertz CT molecular complexity index is 399. The highest BCUT2D eigenvalue weighted by Gasteiger charge is 1.95. The van der Waals surface area contributed by atoms with Crippen molar-refractivity contribution >= 4 is 24.0 Å². The molecule has 0 amide bonds. The van der Waals surface area contributed by atoms with Crippen LogP contribution < -0.4 is 5.32 Å². The van der Waals surface area contributed by atoms with Crippen LogP contribution in [-0.4, -0.2) is 15.0 Å². The second-order valence-corrected chi connectivity index (χ2v) is 3.56. The summed E-state index contributed by atoms with van der Waals surface area (Å²) in [4.78, 5) is 11.0. The van der Waals surface area contributed by atoms with Crippen molar-refractivity contribution in [2.45, 2.75) is 13.1 Å². The van der Waals surface area contributed by atoms with Gasteiger partial charge in [-0.15, -0.1) is 12.4 Å². The summed E-state index contributed by atoms with van der Waals surface area (Å²) in [5.74, 6) is 0. The van der Waals surface area contributed by atoms with E-state index in [1.807, 2.05) is 6.07 Å². The van der Waals surface area contributed by atoms with E-state index in [-0.39, 0.29) is 12.4 Å². The number of aromatic amines is 1. The Morgan fingerprint density at radius 2 is 2.12 bits per heavy atom. The summed E-state index contributed by atoms with van der Waals surface area (Å²) in [7, 11) is 0. The van der Waals surface area contributed by atoms with E-state index in [4.69, 9.17) is 11.6 Å². The van der Waals surface area contributed by atoms with Crippen molar-refractivity contribution < 1.29 is 0 Å². The van der Waals surface area contributed by atoms with Crippen LogP contribution in [0.25, 0.3) is 0 Å². The Morgan fingerprint density at radius 1 is 1.25 bits per heavy atom. The smallest absolute Gasteiger partial charge is 0.129 e. The zero-order chi connectivity index (χ0) is 10.5. The van der Waals surface area contributed by atoms with Crippen molar-refractivity contribution in [2.75, 3.05) is 0 Å². The van der Waals surface area contributed by atoms with Crippen molar-refractivity contribution in [1.82, 2.24) is 20.3 Å². The zero-order valence-corrected chi connectivity index (χ0v) is 10.1. The number of nitrogens with zero attached hydrogens (tertiary/aromatic N) is 2. The molecule has 0 radical (unpaired) electrons. The minimum absolute atomic E-state index is 0. The van der Waals surface area contributed by atoms with E-state index in [2.05, 4.69) is 20.3 Å². The van der Waals surface area contributed by atoms with Gasteiger partial charge in [0.1, 0.15) is 5.15 Å². The van der Waals surface area contributed by atoms with Crippen LogP contribution in [0.1, 0.15) is 11.3 Å². The fraction of sp³-hybridized carbons (Fsp3) is 0.200. The number of aromatic nitrogens is 3. The molecule has 0 fully saturated rings. The molecule has 0 bridgehead atoms. The zero-order valence-electron chi connectivity index (χ0n) is 8.48. The van der Waals surface area contributed by atoms with Gasteiger partial charge < -0.3 is 10.3 Å². The van der Waals surface area contributed by atoms with E-state index in [9.17, 15) is 0 Å². The topological polar surface area (TPSA) is 53.6 Å². The number of rotatable bonds is 4. The molecule has 2 rings (SSSR count). The largest absolute Gasteiger partial charge is 0.347 e. The molecule has 2 aromatic heterocycles. The molecule has 6 heteroatoms. The molecule has 0 aliphatic heterocycles. The first-order chi connectivity index (χ1) is 7.34. The Kier molecular flexibility index (Phi) is 5.25. The summed E-state index contributed by atoms with van der Waals surface area (Å²) >= 11 is 5.68. The standard InChI is InChI=1S/C10H11ClN4.ClH/c11-10-2-1-8(4-14-10)3-12-5-9-6-13-7-15-9;/h1-2,4,6-7,12H,3,5H2,(H,13,15);1H. The predicted molar refractivity (Wildman–Crippen MR) is 65.6 cm³/mol. The molecular weight excluding hydrogens is 247 g/mol. The van der Waals surface area contributed by atoms with E-state index < -0.39 is 0 Å². The van der Waals surface area contributed by atoms with Gasteiger partial charge >= 0.3 is 0 Å². The van der Waals surface area contributed by atoms with Crippen LogP contribution in [0.5, 0.6) is 0 Å². The Hall–Kier alpha value is -1.10. The molecule has 0 spiro atoms. The third-order valence-electron chi connectivity index (χ3n) is 1.99. The highest BCUT2D eigenvalue weighted by atomic mass is 35.5. The van der Waals surface area contributed by atoms with Gasteiger partial charge in [0.05, 0.1) is 6.33 Å². The number of H-pyrrole nitrogens is 1. The highest BCUT2D eigenvalue weighted by molar-refractivity contribution is 6.29. The fourth-order valence-corrected chi connectivity index (χ4v) is 1.35. The first-order valence-electron chi connectivity index (χ1n) is 4.63. The van der Waals surface area contributed by atoms with E-state index in [1.165, 1.54) is 0 Å². The van der Waals surface area contributed by atoms with Crippen molar-refractivity contribution in [1.29, 1.82) is 0 Å². The number of pyridine rings is 1. The lowest BCUT2D eigenvalue weighted by Crippen LogP contribution is -2.12. The second kappa shape index (κ2) is 6.48. The van der Waals surface area contributed by atoms with Crippen LogP contribution >= 0.6 is 24.0 Å². The normalized spacial score (nSPS) is 9.81. The average Bonchev–Trinajstić information content (AvgIpc) is 2.74. The second-order valence-electron chi connectivity index (χ2n) is 3.17. The van der Waals surface area contributed by atoms with Crippen LogP contribution in [0.15, 0.2) is 30.9 Å². The summed E-state index contributed by atoms with van der Waals surface area (Å²) < 4.78 is 0. The quantitative estimate of drug-likeness (QED) is 0.827. The summed E-state index contributed by atoms with van der Waals surface area (Å²) in [6.07, 6.45) is 5.23. The molecule has 0 aliphatic carbocycles. The Balaban J connectivity index is 0.00000128. The predicted octanol–water partition coefficient (Wildman–Crippen LogP) is 2.17. The van der Waals surface area contributed by atoms with Crippen molar-refractivity contribution in [3.05, 3.63) is 47.3 Å². The maximum Gasteiger partial charge on any atom is 0.129 e. The van der Waals surface area contributed by atoms with E-state index >= 15 is 0 Å². The summed E-state index contributed by atoms with van der Waals surface area (Å²) in [5, 5.41) is 3.79. The van der Waals surface area contributed by atoms with Gasteiger partial charge in [0.2, 0.25) is 0 Å². The lowest BCUT2D eigenvalue weighted by molar-refractivity contribution is 0.680. The maximum atomic E-state index is 5.68. The molecule has 0 unspecified atom stereocenters. The highest BCUT2D eigenvalue weighted by Crippen LogP contribution is 2.04. The third kappa shape index (κ3) is 3.81. The average molecular weight is 259 g/mol. The van der Waals surface area contributed by atoms with Gasteiger partial charge in [0, 0.05) is 31.2 Å².